The summed E-state index contributed by atoms with van der Waals surface area (Å²) in [6.45, 7) is 12.5. The highest BCUT2D eigenvalue weighted by atomic mass is 16.5. The third-order valence-corrected chi connectivity index (χ3v) is 5.18. The van der Waals surface area contributed by atoms with Crippen LogP contribution in [0.1, 0.15) is 58.2 Å². The molecule has 1 aromatic heterocycles. The maximum absolute atomic E-state index is 6.45. The van der Waals surface area contributed by atoms with Crippen LogP contribution < -0.4 is 5.32 Å². The summed E-state index contributed by atoms with van der Waals surface area (Å²) in [5.41, 5.74) is 3.80. The monoisotopic (exact) mass is 383 g/mol. The van der Waals surface area contributed by atoms with Crippen LogP contribution in [0.3, 0.4) is 0 Å². The zero-order chi connectivity index (χ0) is 20.2. The first-order valence-corrected chi connectivity index (χ1v) is 10.7. The van der Waals surface area contributed by atoms with E-state index in [2.05, 4.69) is 85.4 Å². The zero-order valence-electron chi connectivity index (χ0n) is 18.0. The smallest absolute Gasteiger partial charge is 0.115 e. The number of hydrogen-bond donors (Lipinski definition) is 2. The minimum absolute atomic E-state index is 0.248. The molecular formula is C24H37N3O. The third-order valence-electron chi connectivity index (χ3n) is 5.18. The maximum Gasteiger partial charge on any atom is 0.115 e. The lowest BCUT2D eigenvalue weighted by atomic mass is 10.1. The van der Waals surface area contributed by atoms with Crippen LogP contribution in [0.15, 0.2) is 60.1 Å². The summed E-state index contributed by atoms with van der Waals surface area (Å²) in [5.74, 6) is 1.11. The van der Waals surface area contributed by atoms with E-state index in [-0.39, 0.29) is 6.10 Å². The zero-order valence-corrected chi connectivity index (χ0v) is 18.0. The van der Waals surface area contributed by atoms with Crippen LogP contribution in [-0.2, 0) is 17.8 Å². The number of benzene rings is 1. The minimum atomic E-state index is 0.248. The van der Waals surface area contributed by atoms with Gasteiger partial charge in [0.25, 0.3) is 0 Å². The molecule has 0 amide bonds. The van der Waals surface area contributed by atoms with Gasteiger partial charge < -0.3 is 19.9 Å². The van der Waals surface area contributed by atoms with Crippen LogP contribution in [-0.4, -0.2) is 29.1 Å². The molecule has 2 rings (SSSR count). The maximum atomic E-state index is 6.45. The summed E-state index contributed by atoms with van der Waals surface area (Å²) in [7, 11) is 0. The van der Waals surface area contributed by atoms with E-state index in [0.29, 0.717) is 0 Å². The topological polar surface area (TPSA) is 40.3 Å². The lowest BCUT2D eigenvalue weighted by molar-refractivity contribution is 0.0906. The Morgan fingerprint density at radius 3 is 2.50 bits per heavy atom. The number of H-pyrrole nitrogens is 1. The van der Waals surface area contributed by atoms with Crippen molar-refractivity contribution in [1.82, 2.24) is 15.2 Å². The van der Waals surface area contributed by atoms with Crippen LogP contribution >= 0.6 is 0 Å². The van der Waals surface area contributed by atoms with Crippen LogP contribution in [0.4, 0.5) is 0 Å². The van der Waals surface area contributed by atoms with Crippen LogP contribution in [0, 0.1) is 0 Å². The van der Waals surface area contributed by atoms with E-state index >= 15 is 0 Å². The standard InChI is InChI=1S/C24H37N3O/c1-5-23(15-17-25-18-21-12-9-8-10-13-21)28-24(6-2)20(4)27(7-3)19-22-14-11-16-26-22/h8-14,16,23,25-26H,5-7,15,17-19H2,1-4H3/b24-20-. The van der Waals surface area contributed by atoms with Gasteiger partial charge in [0.05, 0.1) is 12.6 Å². The second-order valence-electron chi connectivity index (χ2n) is 7.17. The van der Waals surface area contributed by atoms with Gasteiger partial charge in [0, 0.05) is 37.1 Å². The van der Waals surface area contributed by atoms with Gasteiger partial charge in [-0.2, -0.15) is 0 Å². The van der Waals surface area contributed by atoms with Crippen LogP contribution in [0.25, 0.3) is 0 Å². The molecule has 0 bridgehead atoms. The fraction of sp³-hybridized carbons (Fsp3) is 0.500. The Bertz CT molecular complexity index is 679. The van der Waals surface area contributed by atoms with E-state index in [1.165, 1.54) is 17.0 Å². The molecule has 0 radical (unpaired) electrons. The van der Waals surface area contributed by atoms with Crippen molar-refractivity contribution in [3.05, 3.63) is 71.4 Å². The Balaban J connectivity index is 1.88. The van der Waals surface area contributed by atoms with Crippen LogP contribution in [0.5, 0.6) is 0 Å². The van der Waals surface area contributed by atoms with Gasteiger partial charge in [-0.3, -0.25) is 0 Å². The molecule has 154 valence electrons. The molecule has 1 aromatic carbocycles. The van der Waals surface area contributed by atoms with Gasteiger partial charge in [0.15, 0.2) is 0 Å². The van der Waals surface area contributed by atoms with E-state index in [9.17, 15) is 0 Å². The first-order valence-electron chi connectivity index (χ1n) is 10.7. The molecule has 1 heterocycles. The van der Waals surface area contributed by atoms with Gasteiger partial charge in [0.2, 0.25) is 0 Å². The largest absolute Gasteiger partial charge is 0.493 e. The van der Waals surface area contributed by atoms with E-state index in [4.69, 9.17) is 4.74 Å². The summed E-state index contributed by atoms with van der Waals surface area (Å²) in [5, 5.41) is 3.54. The van der Waals surface area contributed by atoms with Crippen molar-refractivity contribution in [1.29, 1.82) is 0 Å². The summed E-state index contributed by atoms with van der Waals surface area (Å²) >= 11 is 0. The molecule has 4 heteroatoms. The third kappa shape index (κ3) is 7.08. The first-order chi connectivity index (χ1) is 13.7. The summed E-state index contributed by atoms with van der Waals surface area (Å²) in [6.07, 6.45) is 5.18. The second kappa shape index (κ2) is 12.3. The quantitative estimate of drug-likeness (QED) is 0.357. The number of aromatic nitrogens is 1. The van der Waals surface area contributed by atoms with Gasteiger partial charge in [0.1, 0.15) is 5.76 Å². The van der Waals surface area contributed by atoms with E-state index in [1.54, 1.807) is 0 Å². The first kappa shape index (κ1) is 22.1. The van der Waals surface area contributed by atoms with Crippen molar-refractivity contribution in [2.45, 2.75) is 66.2 Å². The number of rotatable bonds is 13. The summed E-state index contributed by atoms with van der Waals surface area (Å²) in [4.78, 5) is 5.68. The molecule has 0 saturated carbocycles. The number of allylic oxidation sites excluding steroid dienone is 2. The van der Waals surface area contributed by atoms with Gasteiger partial charge >= 0.3 is 0 Å². The summed E-state index contributed by atoms with van der Waals surface area (Å²) in [6, 6.07) is 14.7. The molecule has 2 N–H and O–H groups in total. The van der Waals surface area contributed by atoms with Gasteiger partial charge in [-0.05, 0) is 50.9 Å². The fourth-order valence-electron chi connectivity index (χ4n) is 3.38. The van der Waals surface area contributed by atoms with Crippen molar-refractivity contribution in [2.75, 3.05) is 13.1 Å². The highest BCUT2D eigenvalue weighted by Gasteiger charge is 2.15. The Labute approximate surface area is 171 Å². The highest BCUT2D eigenvalue weighted by Crippen LogP contribution is 2.20. The lowest BCUT2D eigenvalue weighted by Gasteiger charge is -2.28. The number of nitrogens with zero attached hydrogens (tertiary/aromatic N) is 1. The number of ether oxygens (including phenoxy) is 1. The van der Waals surface area contributed by atoms with Gasteiger partial charge in [-0.1, -0.05) is 44.2 Å². The average Bonchev–Trinajstić information content (AvgIpc) is 3.25. The molecule has 0 aliphatic carbocycles. The molecule has 1 atom stereocenters. The van der Waals surface area contributed by atoms with Gasteiger partial charge in [-0.15, -0.1) is 0 Å². The molecule has 0 saturated heterocycles. The Morgan fingerprint density at radius 2 is 1.89 bits per heavy atom. The molecule has 0 spiro atoms. The van der Waals surface area contributed by atoms with Crippen molar-refractivity contribution < 1.29 is 4.74 Å². The number of nitrogens with one attached hydrogen (secondary N) is 2. The molecule has 4 nitrogen and oxygen atoms in total. The van der Waals surface area contributed by atoms with Crippen molar-refractivity contribution in [3.63, 3.8) is 0 Å². The number of aromatic amines is 1. The van der Waals surface area contributed by atoms with Crippen molar-refractivity contribution >= 4 is 0 Å². The molecule has 0 fully saturated rings. The number of hydrogen-bond acceptors (Lipinski definition) is 3. The van der Waals surface area contributed by atoms with Crippen molar-refractivity contribution in [3.8, 4) is 0 Å². The van der Waals surface area contributed by atoms with E-state index in [0.717, 1.165) is 51.2 Å². The molecule has 1 unspecified atom stereocenters. The highest BCUT2D eigenvalue weighted by molar-refractivity contribution is 5.14. The Kier molecular flexibility index (Phi) is 9.70. The average molecular weight is 384 g/mol. The minimum Gasteiger partial charge on any atom is -0.493 e. The molecule has 0 aliphatic heterocycles. The molecule has 28 heavy (non-hydrogen) atoms. The van der Waals surface area contributed by atoms with E-state index in [1.807, 2.05) is 6.20 Å². The fourth-order valence-corrected chi connectivity index (χ4v) is 3.38. The van der Waals surface area contributed by atoms with Crippen molar-refractivity contribution in [2.24, 2.45) is 0 Å². The Hall–Kier alpha value is -2.20. The second-order valence-corrected chi connectivity index (χ2v) is 7.17. The lowest BCUT2D eigenvalue weighted by Crippen LogP contribution is -2.25. The molecule has 2 aromatic rings. The Morgan fingerprint density at radius 1 is 1.11 bits per heavy atom. The predicted molar refractivity (Wildman–Crippen MR) is 118 cm³/mol. The predicted octanol–water partition coefficient (Wildman–Crippen LogP) is 5.45. The van der Waals surface area contributed by atoms with Gasteiger partial charge in [-0.25, -0.2) is 0 Å². The molecular weight excluding hydrogens is 346 g/mol. The summed E-state index contributed by atoms with van der Waals surface area (Å²) < 4.78 is 6.45. The van der Waals surface area contributed by atoms with Crippen LogP contribution in [0.2, 0.25) is 0 Å². The molecule has 0 aliphatic rings. The normalized spacial score (nSPS) is 13.1. The van der Waals surface area contributed by atoms with E-state index < -0.39 is 0 Å². The SMILES string of the molecule is CC/C(OC(CC)CCNCc1ccccc1)=C(\C)N(CC)Cc1ccc[nH]1.